The van der Waals surface area contributed by atoms with Gasteiger partial charge in [0.1, 0.15) is 11.6 Å². The molecule has 0 bridgehead atoms. The van der Waals surface area contributed by atoms with Crippen molar-refractivity contribution in [1.29, 1.82) is 0 Å². The van der Waals surface area contributed by atoms with E-state index in [0.717, 1.165) is 63.8 Å². The Morgan fingerprint density at radius 3 is 2.82 bits per heavy atom. The topological polar surface area (TPSA) is 47.5 Å². The van der Waals surface area contributed by atoms with Gasteiger partial charge in [-0.25, -0.2) is 9.97 Å². The third-order valence-corrected chi connectivity index (χ3v) is 4.53. The van der Waals surface area contributed by atoms with E-state index in [2.05, 4.69) is 28.7 Å². The molecule has 22 heavy (non-hydrogen) atoms. The Hall–Kier alpha value is -1.20. The van der Waals surface area contributed by atoms with Crippen LogP contribution in [0, 0.1) is 5.92 Å². The first-order valence-corrected chi connectivity index (χ1v) is 8.49. The zero-order chi connectivity index (χ0) is 15.4. The average Bonchev–Trinajstić information content (AvgIpc) is 3.07. The summed E-state index contributed by atoms with van der Waals surface area (Å²) in [4.78, 5) is 11.4. The fourth-order valence-electron chi connectivity index (χ4n) is 3.06. The molecule has 0 amide bonds. The summed E-state index contributed by atoms with van der Waals surface area (Å²) >= 11 is 0. The lowest BCUT2D eigenvalue weighted by molar-refractivity contribution is 0.0131. The molecule has 5 heteroatoms. The Kier molecular flexibility index (Phi) is 5.26. The zero-order valence-electron chi connectivity index (χ0n) is 13.7. The summed E-state index contributed by atoms with van der Waals surface area (Å²) in [5, 5.41) is 0. The quantitative estimate of drug-likeness (QED) is 0.837. The van der Waals surface area contributed by atoms with Crippen LogP contribution in [0.4, 0.5) is 5.82 Å². The highest BCUT2D eigenvalue weighted by Gasteiger charge is 2.23. The van der Waals surface area contributed by atoms with Gasteiger partial charge in [-0.15, -0.1) is 0 Å². The molecule has 1 aromatic rings. The molecule has 122 valence electrons. The van der Waals surface area contributed by atoms with Crippen molar-refractivity contribution in [3.05, 3.63) is 18.1 Å². The Morgan fingerprint density at radius 1 is 1.32 bits per heavy atom. The summed E-state index contributed by atoms with van der Waals surface area (Å²) in [5.41, 5.74) is 0. The molecule has 1 unspecified atom stereocenters. The highest BCUT2D eigenvalue weighted by Crippen LogP contribution is 2.22. The number of hydrogen-bond donors (Lipinski definition) is 0. The van der Waals surface area contributed by atoms with E-state index < -0.39 is 0 Å². The summed E-state index contributed by atoms with van der Waals surface area (Å²) in [6.07, 6.45) is 5.57. The number of rotatable bonds is 5. The van der Waals surface area contributed by atoms with Crippen LogP contribution in [0.15, 0.2) is 12.3 Å². The highest BCUT2D eigenvalue weighted by atomic mass is 16.5. The number of hydrogen-bond acceptors (Lipinski definition) is 5. The van der Waals surface area contributed by atoms with Crippen molar-refractivity contribution in [3.63, 3.8) is 0 Å². The summed E-state index contributed by atoms with van der Waals surface area (Å²) in [7, 11) is 0. The largest absolute Gasteiger partial charge is 0.381 e. The number of nitrogens with zero attached hydrogens (tertiary/aromatic N) is 3. The standard InChI is InChI=1S/C17H27N3O2/c1-13(2)17-18-7-3-16(19-17)20-8-4-15(5-9-20)22-12-14-6-10-21-11-14/h3,7,13-15H,4-6,8-12H2,1-2H3. The third-order valence-electron chi connectivity index (χ3n) is 4.53. The smallest absolute Gasteiger partial charge is 0.133 e. The SMILES string of the molecule is CC(C)c1nccc(N2CCC(OCC3CCOC3)CC2)n1. The summed E-state index contributed by atoms with van der Waals surface area (Å²) in [5.74, 6) is 2.96. The minimum absolute atomic E-state index is 0.370. The fourth-order valence-corrected chi connectivity index (χ4v) is 3.06. The molecule has 2 saturated heterocycles. The second kappa shape index (κ2) is 7.38. The van der Waals surface area contributed by atoms with Gasteiger partial charge >= 0.3 is 0 Å². The maximum absolute atomic E-state index is 6.07. The molecule has 3 heterocycles. The summed E-state index contributed by atoms with van der Waals surface area (Å²) in [6.45, 7) is 8.92. The van der Waals surface area contributed by atoms with Crippen molar-refractivity contribution in [2.24, 2.45) is 5.92 Å². The Morgan fingerprint density at radius 2 is 2.14 bits per heavy atom. The van der Waals surface area contributed by atoms with Crippen LogP contribution in [-0.2, 0) is 9.47 Å². The van der Waals surface area contributed by atoms with E-state index in [1.165, 1.54) is 0 Å². The van der Waals surface area contributed by atoms with Gasteiger partial charge in [0.05, 0.1) is 19.3 Å². The van der Waals surface area contributed by atoms with Gasteiger partial charge in [0.2, 0.25) is 0 Å². The Balaban J connectivity index is 1.47. The Bertz CT molecular complexity index is 467. The fraction of sp³-hybridized carbons (Fsp3) is 0.765. The molecule has 3 rings (SSSR count). The van der Waals surface area contributed by atoms with Gasteiger partial charge < -0.3 is 14.4 Å². The molecule has 5 nitrogen and oxygen atoms in total. The summed E-state index contributed by atoms with van der Waals surface area (Å²) in [6, 6.07) is 2.02. The van der Waals surface area contributed by atoms with Gasteiger partial charge in [-0.05, 0) is 25.3 Å². The molecule has 0 N–H and O–H groups in total. The molecular weight excluding hydrogens is 278 g/mol. The van der Waals surface area contributed by atoms with Crippen LogP contribution in [0.3, 0.4) is 0 Å². The second-order valence-electron chi connectivity index (χ2n) is 6.68. The summed E-state index contributed by atoms with van der Waals surface area (Å²) < 4.78 is 11.5. The lowest BCUT2D eigenvalue weighted by atomic mass is 10.1. The van der Waals surface area contributed by atoms with E-state index >= 15 is 0 Å². The third kappa shape index (κ3) is 3.96. The molecule has 2 aliphatic heterocycles. The Labute approximate surface area is 133 Å². The number of anilines is 1. The maximum atomic E-state index is 6.07. The highest BCUT2D eigenvalue weighted by molar-refractivity contribution is 5.38. The molecular formula is C17H27N3O2. The van der Waals surface area contributed by atoms with Gasteiger partial charge in [0.25, 0.3) is 0 Å². The van der Waals surface area contributed by atoms with Crippen molar-refractivity contribution < 1.29 is 9.47 Å². The van der Waals surface area contributed by atoms with Crippen LogP contribution in [0.25, 0.3) is 0 Å². The van der Waals surface area contributed by atoms with Crippen LogP contribution < -0.4 is 4.90 Å². The molecule has 1 aromatic heterocycles. The molecule has 0 radical (unpaired) electrons. The molecule has 0 spiro atoms. The van der Waals surface area contributed by atoms with E-state index in [1.54, 1.807) is 0 Å². The molecule has 2 aliphatic rings. The van der Waals surface area contributed by atoms with Crippen LogP contribution >= 0.6 is 0 Å². The molecule has 0 saturated carbocycles. The van der Waals surface area contributed by atoms with Crippen molar-refractivity contribution in [2.45, 2.75) is 45.1 Å². The van der Waals surface area contributed by atoms with Crippen LogP contribution in [0.2, 0.25) is 0 Å². The number of aromatic nitrogens is 2. The van der Waals surface area contributed by atoms with Gasteiger partial charge in [-0.3, -0.25) is 0 Å². The minimum atomic E-state index is 0.370. The van der Waals surface area contributed by atoms with E-state index in [4.69, 9.17) is 9.47 Å². The molecule has 0 aliphatic carbocycles. The van der Waals surface area contributed by atoms with E-state index in [1.807, 2.05) is 12.3 Å². The number of ether oxygens (including phenoxy) is 2. The average molecular weight is 305 g/mol. The molecule has 1 atom stereocenters. The predicted octanol–water partition coefficient (Wildman–Crippen LogP) is 2.62. The van der Waals surface area contributed by atoms with Gasteiger partial charge in [-0.2, -0.15) is 0 Å². The predicted molar refractivity (Wildman–Crippen MR) is 86.2 cm³/mol. The van der Waals surface area contributed by atoms with Crippen LogP contribution in [0.5, 0.6) is 0 Å². The first kappa shape index (κ1) is 15.7. The lowest BCUT2D eigenvalue weighted by Crippen LogP contribution is -2.38. The second-order valence-corrected chi connectivity index (χ2v) is 6.68. The number of piperidine rings is 1. The van der Waals surface area contributed by atoms with Gasteiger partial charge in [0.15, 0.2) is 0 Å². The maximum Gasteiger partial charge on any atom is 0.133 e. The van der Waals surface area contributed by atoms with Crippen molar-refractivity contribution in [2.75, 3.05) is 37.8 Å². The van der Waals surface area contributed by atoms with Crippen LogP contribution in [-0.4, -0.2) is 49.0 Å². The van der Waals surface area contributed by atoms with E-state index in [0.29, 0.717) is 17.9 Å². The zero-order valence-corrected chi connectivity index (χ0v) is 13.7. The molecule has 2 fully saturated rings. The van der Waals surface area contributed by atoms with Gasteiger partial charge in [-0.1, -0.05) is 13.8 Å². The van der Waals surface area contributed by atoms with Crippen molar-refractivity contribution in [1.82, 2.24) is 9.97 Å². The van der Waals surface area contributed by atoms with E-state index in [-0.39, 0.29) is 0 Å². The van der Waals surface area contributed by atoms with Crippen molar-refractivity contribution >= 4 is 5.82 Å². The minimum Gasteiger partial charge on any atom is -0.381 e. The lowest BCUT2D eigenvalue weighted by Gasteiger charge is -2.33. The van der Waals surface area contributed by atoms with Crippen molar-refractivity contribution in [3.8, 4) is 0 Å². The first-order chi connectivity index (χ1) is 10.7. The molecule has 0 aromatic carbocycles. The van der Waals surface area contributed by atoms with Gasteiger partial charge in [0, 0.05) is 37.7 Å². The monoisotopic (exact) mass is 305 g/mol. The first-order valence-electron chi connectivity index (χ1n) is 8.49. The van der Waals surface area contributed by atoms with E-state index in [9.17, 15) is 0 Å². The van der Waals surface area contributed by atoms with Crippen LogP contribution in [0.1, 0.15) is 44.9 Å². The normalized spacial score (nSPS) is 23.4.